The third-order valence-corrected chi connectivity index (χ3v) is 4.03. The minimum Gasteiger partial charge on any atom is -0.459 e. The van der Waals surface area contributed by atoms with Crippen LogP contribution in [-0.4, -0.2) is 31.3 Å². The van der Waals surface area contributed by atoms with Crippen LogP contribution in [0.5, 0.6) is 11.5 Å². The van der Waals surface area contributed by atoms with Crippen LogP contribution in [0.25, 0.3) is 0 Å². The number of hydrogen-bond donors (Lipinski definition) is 1. The quantitative estimate of drug-likeness (QED) is 0.523. The molecule has 0 fully saturated rings. The Morgan fingerprint density at radius 3 is 2.83 bits per heavy atom. The van der Waals surface area contributed by atoms with Crippen LogP contribution < -0.4 is 14.8 Å². The topological polar surface area (TPSA) is 73.9 Å². The van der Waals surface area contributed by atoms with Crippen LogP contribution in [0.1, 0.15) is 31.2 Å². The van der Waals surface area contributed by atoms with Gasteiger partial charge in [0, 0.05) is 12.0 Å². The first-order valence-corrected chi connectivity index (χ1v) is 7.71. The van der Waals surface area contributed by atoms with Gasteiger partial charge in [-0.1, -0.05) is 18.2 Å². The van der Waals surface area contributed by atoms with Crippen LogP contribution in [-0.2, 0) is 14.3 Å². The highest BCUT2D eigenvalue weighted by molar-refractivity contribution is 6.32. The molecule has 0 radical (unpaired) electrons. The smallest absolute Gasteiger partial charge is 0.396 e. The molecule has 23 heavy (non-hydrogen) atoms. The molecule has 3 rings (SSSR count). The SMILES string of the molecule is CCOC(=O)C(=O)N[C@H]1CC=CC[C@@H]1c1ccc2c(c1)OCO2. The van der Waals surface area contributed by atoms with Crippen molar-refractivity contribution in [1.29, 1.82) is 0 Å². The van der Waals surface area contributed by atoms with E-state index in [1.165, 1.54) is 0 Å². The van der Waals surface area contributed by atoms with Gasteiger partial charge >= 0.3 is 11.9 Å². The second-order valence-electron chi connectivity index (χ2n) is 5.46. The number of hydrogen-bond acceptors (Lipinski definition) is 5. The Morgan fingerprint density at radius 1 is 1.22 bits per heavy atom. The van der Waals surface area contributed by atoms with Gasteiger partial charge in [-0.25, -0.2) is 4.79 Å². The van der Waals surface area contributed by atoms with Gasteiger partial charge in [0.05, 0.1) is 6.61 Å². The molecule has 6 nitrogen and oxygen atoms in total. The van der Waals surface area contributed by atoms with Crippen molar-refractivity contribution in [2.24, 2.45) is 0 Å². The Morgan fingerprint density at radius 2 is 2.00 bits per heavy atom. The van der Waals surface area contributed by atoms with E-state index in [1.54, 1.807) is 6.92 Å². The number of amides is 1. The minimum absolute atomic E-state index is 0.0767. The highest BCUT2D eigenvalue weighted by Crippen LogP contribution is 2.37. The van der Waals surface area contributed by atoms with E-state index in [2.05, 4.69) is 11.4 Å². The molecule has 0 bridgehead atoms. The van der Waals surface area contributed by atoms with E-state index in [9.17, 15) is 9.59 Å². The molecular weight excluding hydrogens is 298 g/mol. The van der Waals surface area contributed by atoms with Gasteiger partial charge in [0.15, 0.2) is 11.5 Å². The normalized spacial score (nSPS) is 21.8. The zero-order chi connectivity index (χ0) is 16.2. The van der Waals surface area contributed by atoms with Crippen molar-refractivity contribution in [3.8, 4) is 11.5 Å². The number of carbonyl (C=O) groups excluding carboxylic acids is 2. The lowest BCUT2D eigenvalue weighted by Gasteiger charge is -2.29. The fourth-order valence-corrected chi connectivity index (χ4v) is 2.91. The zero-order valence-corrected chi connectivity index (χ0v) is 12.9. The Kier molecular flexibility index (Phi) is 4.50. The standard InChI is InChI=1S/C17H19NO5/c1-2-21-17(20)16(19)18-13-6-4-3-5-12(13)11-7-8-14-15(9-11)23-10-22-14/h3-4,7-9,12-13H,2,5-6,10H2,1H3,(H,18,19)/t12-,13+/m1/s1. The van der Waals surface area contributed by atoms with E-state index < -0.39 is 11.9 Å². The molecule has 6 heteroatoms. The summed E-state index contributed by atoms with van der Waals surface area (Å²) in [6.07, 6.45) is 5.56. The Hall–Kier alpha value is -2.50. The van der Waals surface area contributed by atoms with Crippen LogP contribution in [0.4, 0.5) is 0 Å². The second kappa shape index (κ2) is 6.73. The van der Waals surface area contributed by atoms with Crippen LogP contribution in [0.15, 0.2) is 30.4 Å². The number of allylic oxidation sites excluding steroid dienone is 1. The van der Waals surface area contributed by atoms with Gasteiger partial charge in [-0.2, -0.15) is 0 Å². The van der Waals surface area contributed by atoms with Gasteiger partial charge in [-0.3, -0.25) is 4.79 Å². The molecule has 2 aliphatic rings. The fraction of sp³-hybridized carbons (Fsp3) is 0.412. The first kappa shape index (κ1) is 15.4. The molecule has 2 atom stereocenters. The maximum atomic E-state index is 11.9. The zero-order valence-electron chi connectivity index (χ0n) is 12.9. The lowest BCUT2D eigenvalue weighted by atomic mass is 9.83. The summed E-state index contributed by atoms with van der Waals surface area (Å²) >= 11 is 0. The average molecular weight is 317 g/mol. The van der Waals surface area contributed by atoms with Gasteiger partial charge in [-0.15, -0.1) is 0 Å². The number of fused-ring (bicyclic) bond motifs is 1. The number of ether oxygens (including phenoxy) is 3. The molecule has 1 N–H and O–H groups in total. The van der Waals surface area contributed by atoms with Crippen molar-refractivity contribution in [1.82, 2.24) is 5.32 Å². The number of nitrogens with one attached hydrogen (secondary N) is 1. The van der Waals surface area contributed by atoms with E-state index in [-0.39, 0.29) is 25.4 Å². The predicted octanol–water partition coefficient (Wildman–Crippen LogP) is 1.90. The van der Waals surface area contributed by atoms with Crippen molar-refractivity contribution in [2.45, 2.75) is 31.7 Å². The minimum atomic E-state index is -0.841. The summed E-state index contributed by atoms with van der Waals surface area (Å²) in [4.78, 5) is 23.4. The van der Waals surface area contributed by atoms with E-state index in [1.807, 2.05) is 24.3 Å². The van der Waals surface area contributed by atoms with Crippen molar-refractivity contribution < 1.29 is 23.8 Å². The molecule has 0 aromatic heterocycles. The number of carbonyl (C=O) groups is 2. The monoisotopic (exact) mass is 317 g/mol. The Bertz CT molecular complexity index is 640. The van der Waals surface area contributed by atoms with Crippen LogP contribution in [0.2, 0.25) is 0 Å². The van der Waals surface area contributed by atoms with E-state index in [4.69, 9.17) is 14.2 Å². The molecular formula is C17H19NO5. The lowest BCUT2D eigenvalue weighted by molar-refractivity contribution is -0.154. The van der Waals surface area contributed by atoms with E-state index >= 15 is 0 Å². The lowest BCUT2D eigenvalue weighted by Crippen LogP contribution is -2.43. The molecule has 0 unspecified atom stereocenters. The van der Waals surface area contributed by atoms with Crippen molar-refractivity contribution in [2.75, 3.05) is 13.4 Å². The fourth-order valence-electron chi connectivity index (χ4n) is 2.91. The van der Waals surface area contributed by atoms with Crippen LogP contribution in [0.3, 0.4) is 0 Å². The average Bonchev–Trinajstić information content (AvgIpc) is 3.03. The van der Waals surface area contributed by atoms with Crippen LogP contribution in [0, 0.1) is 0 Å². The predicted molar refractivity (Wildman–Crippen MR) is 82.2 cm³/mol. The number of benzene rings is 1. The van der Waals surface area contributed by atoms with Crippen molar-refractivity contribution in [3.05, 3.63) is 35.9 Å². The molecule has 1 amide bonds. The van der Waals surface area contributed by atoms with Gasteiger partial charge in [-0.05, 0) is 37.5 Å². The number of esters is 1. The molecule has 0 saturated carbocycles. The summed E-state index contributed by atoms with van der Waals surface area (Å²) in [7, 11) is 0. The third-order valence-electron chi connectivity index (χ3n) is 4.03. The largest absolute Gasteiger partial charge is 0.459 e. The molecule has 1 aliphatic heterocycles. The Labute approximate surface area is 134 Å². The highest BCUT2D eigenvalue weighted by atomic mass is 16.7. The maximum Gasteiger partial charge on any atom is 0.396 e. The van der Waals surface area contributed by atoms with Crippen LogP contribution >= 0.6 is 0 Å². The van der Waals surface area contributed by atoms with Crippen molar-refractivity contribution in [3.63, 3.8) is 0 Å². The summed E-state index contributed by atoms with van der Waals surface area (Å²) in [5.74, 6) is -0.0167. The second-order valence-corrected chi connectivity index (χ2v) is 5.46. The first-order valence-electron chi connectivity index (χ1n) is 7.71. The van der Waals surface area contributed by atoms with E-state index in [0.717, 1.165) is 17.7 Å². The molecule has 0 saturated heterocycles. The summed E-state index contributed by atoms with van der Waals surface area (Å²) in [5.41, 5.74) is 1.05. The summed E-state index contributed by atoms with van der Waals surface area (Å²) in [6, 6.07) is 5.63. The summed E-state index contributed by atoms with van der Waals surface area (Å²) < 4.78 is 15.5. The maximum absolute atomic E-state index is 11.9. The summed E-state index contributed by atoms with van der Waals surface area (Å²) in [6.45, 7) is 2.08. The number of rotatable bonds is 3. The third kappa shape index (κ3) is 3.31. The molecule has 0 spiro atoms. The summed E-state index contributed by atoms with van der Waals surface area (Å²) in [5, 5.41) is 2.78. The Balaban J connectivity index is 1.75. The molecule has 1 aliphatic carbocycles. The van der Waals surface area contributed by atoms with Gasteiger partial charge < -0.3 is 19.5 Å². The molecule has 1 heterocycles. The first-order chi connectivity index (χ1) is 11.2. The van der Waals surface area contributed by atoms with Gasteiger partial charge in [0.2, 0.25) is 6.79 Å². The van der Waals surface area contributed by atoms with Crippen molar-refractivity contribution >= 4 is 11.9 Å². The highest BCUT2D eigenvalue weighted by Gasteiger charge is 2.29. The van der Waals surface area contributed by atoms with Gasteiger partial charge in [0.25, 0.3) is 0 Å². The molecule has 1 aromatic carbocycles. The van der Waals surface area contributed by atoms with E-state index in [0.29, 0.717) is 12.2 Å². The molecule has 1 aromatic rings. The molecule has 122 valence electrons. The van der Waals surface area contributed by atoms with Gasteiger partial charge in [0.1, 0.15) is 0 Å².